The molecule has 0 aliphatic rings. The SMILES string of the molecule is Cc1nc(C(NC(=O)Nc2ncc(C)o2)c2ccccc2)n[nH]1. The molecule has 2 heterocycles. The molecule has 0 fully saturated rings. The van der Waals surface area contributed by atoms with Crippen molar-refractivity contribution in [1.29, 1.82) is 0 Å². The zero-order valence-corrected chi connectivity index (χ0v) is 12.7. The molecule has 1 atom stereocenters. The minimum absolute atomic E-state index is 0.137. The van der Waals surface area contributed by atoms with Crippen LogP contribution in [-0.2, 0) is 0 Å². The fourth-order valence-corrected chi connectivity index (χ4v) is 2.11. The Balaban J connectivity index is 1.80. The van der Waals surface area contributed by atoms with Crippen LogP contribution in [0, 0.1) is 13.8 Å². The van der Waals surface area contributed by atoms with Crippen molar-refractivity contribution in [3.05, 3.63) is 59.5 Å². The number of nitrogens with one attached hydrogen (secondary N) is 3. The topological polar surface area (TPSA) is 109 Å². The van der Waals surface area contributed by atoms with E-state index in [1.54, 1.807) is 13.8 Å². The smallest absolute Gasteiger partial charge is 0.323 e. The van der Waals surface area contributed by atoms with Gasteiger partial charge in [-0.3, -0.25) is 10.4 Å². The molecule has 23 heavy (non-hydrogen) atoms. The second-order valence-corrected chi connectivity index (χ2v) is 5.00. The predicted octanol–water partition coefficient (Wildman–Crippen LogP) is 2.32. The summed E-state index contributed by atoms with van der Waals surface area (Å²) < 4.78 is 5.23. The fourth-order valence-electron chi connectivity index (χ4n) is 2.11. The average molecular weight is 312 g/mol. The highest BCUT2D eigenvalue weighted by atomic mass is 16.4. The highest BCUT2D eigenvalue weighted by molar-refractivity contribution is 5.87. The van der Waals surface area contributed by atoms with E-state index in [-0.39, 0.29) is 6.01 Å². The number of hydrogen-bond acceptors (Lipinski definition) is 5. The summed E-state index contributed by atoms with van der Waals surface area (Å²) in [6.45, 7) is 3.55. The molecule has 3 aromatic rings. The number of carbonyl (C=O) groups excluding carboxylic acids is 1. The van der Waals surface area contributed by atoms with E-state index >= 15 is 0 Å². The van der Waals surface area contributed by atoms with Crippen molar-refractivity contribution in [1.82, 2.24) is 25.5 Å². The lowest BCUT2D eigenvalue weighted by Crippen LogP contribution is -2.34. The van der Waals surface area contributed by atoms with Crippen LogP contribution in [0.4, 0.5) is 10.8 Å². The molecule has 2 aromatic heterocycles. The number of carbonyl (C=O) groups is 1. The zero-order chi connectivity index (χ0) is 16.2. The molecule has 3 N–H and O–H groups in total. The lowest BCUT2D eigenvalue weighted by atomic mass is 10.1. The van der Waals surface area contributed by atoms with Crippen molar-refractivity contribution in [2.75, 3.05) is 5.32 Å². The van der Waals surface area contributed by atoms with E-state index in [0.29, 0.717) is 17.4 Å². The Morgan fingerprint density at radius 3 is 2.65 bits per heavy atom. The second-order valence-electron chi connectivity index (χ2n) is 5.00. The number of benzene rings is 1. The Bertz CT molecular complexity index is 795. The quantitative estimate of drug-likeness (QED) is 0.685. The van der Waals surface area contributed by atoms with E-state index in [1.165, 1.54) is 6.20 Å². The first-order valence-corrected chi connectivity index (χ1v) is 7.05. The molecule has 0 bridgehead atoms. The molecule has 1 unspecified atom stereocenters. The van der Waals surface area contributed by atoms with Crippen molar-refractivity contribution < 1.29 is 9.21 Å². The molecule has 8 heteroatoms. The number of rotatable bonds is 4. The van der Waals surface area contributed by atoms with Gasteiger partial charge in [-0.1, -0.05) is 30.3 Å². The van der Waals surface area contributed by atoms with Crippen LogP contribution >= 0.6 is 0 Å². The van der Waals surface area contributed by atoms with Crippen molar-refractivity contribution in [2.24, 2.45) is 0 Å². The van der Waals surface area contributed by atoms with Gasteiger partial charge < -0.3 is 9.73 Å². The maximum Gasteiger partial charge on any atom is 0.323 e. The summed E-state index contributed by atoms with van der Waals surface area (Å²) in [7, 11) is 0. The number of anilines is 1. The lowest BCUT2D eigenvalue weighted by molar-refractivity contribution is 0.249. The van der Waals surface area contributed by atoms with Crippen LogP contribution in [0.1, 0.15) is 29.0 Å². The molecule has 0 radical (unpaired) electrons. The second kappa shape index (κ2) is 6.30. The van der Waals surface area contributed by atoms with Crippen LogP contribution in [0.2, 0.25) is 0 Å². The molecule has 0 aliphatic heterocycles. The van der Waals surface area contributed by atoms with Gasteiger partial charge in [0, 0.05) is 0 Å². The van der Waals surface area contributed by atoms with Gasteiger partial charge in [0.05, 0.1) is 6.20 Å². The van der Waals surface area contributed by atoms with E-state index in [4.69, 9.17) is 4.42 Å². The zero-order valence-electron chi connectivity index (χ0n) is 12.7. The van der Waals surface area contributed by atoms with E-state index in [9.17, 15) is 4.79 Å². The third-order valence-corrected chi connectivity index (χ3v) is 3.12. The first-order chi connectivity index (χ1) is 11.1. The van der Waals surface area contributed by atoms with Gasteiger partial charge in [0.1, 0.15) is 17.6 Å². The Kier molecular flexibility index (Phi) is 4.05. The van der Waals surface area contributed by atoms with Crippen molar-refractivity contribution in [3.63, 3.8) is 0 Å². The molecule has 0 saturated heterocycles. The summed E-state index contributed by atoms with van der Waals surface area (Å²) in [5.74, 6) is 1.77. The number of aryl methyl sites for hydroxylation is 2. The van der Waals surface area contributed by atoms with Gasteiger partial charge in [0.15, 0.2) is 5.82 Å². The van der Waals surface area contributed by atoms with Gasteiger partial charge in [-0.05, 0) is 19.4 Å². The third kappa shape index (κ3) is 3.54. The molecular weight excluding hydrogens is 296 g/mol. The predicted molar refractivity (Wildman–Crippen MR) is 82.8 cm³/mol. The molecule has 8 nitrogen and oxygen atoms in total. The summed E-state index contributed by atoms with van der Waals surface area (Å²) in [5, 5.41) is 12.3. The summed E-state index contributed by atoms with van der Waals surface area (Å²) in [6.07, 6.45) is 1.53. The molecule has 0 aliphatic carbocycles. The molecule has 0 spiro atoms. The van der Waals surface area contributed by atoms with Crippen LogP contribution in [0.25, 0.3) is 0 Å². The highest BCUT2D eigenvalue weighted by Gasteiger charge is 2.21. The van der Waals surface area contributed by atoms with Crippen LogP contribution in [0.5, 0.6) is 0 Å². The number of aromatic nitrogens is 4. The Labute approximate surface area is 132 Å². The van der Waals surface area contributed by atoms with E-state index < -0.39 is 12.1 Å². The molecule has 2 amide bonds. The maximum absolute atomic E-state index is 12.2. The Morgan fingerprint density at radius 1 is 1.26 bits per heavy atom. The highest BCUT2D eigenvalue weighted by Crippen LogP contribution is 2.19. The van der Waals surface area contributed by atoms with Gasteiger partial charge in [-0.25, -0.2) is 14.8 Å². The van der Waals surface area contributed by atoms with E-state index in [2.05, 4.69) is 30.8 Å². The largest absolute Gasteiger partial charge is 0.429 e. The van der Waals surface area contributed by atoms with Gasteiger partial charge >= 0.3 is 12.0 Å². The van der Waals surface area contributed by atoms with Crippen LogP contribution in [0.3, 0.4) is 0 Å². The summed E-state index contributed by atoms with van der Waals surface area (Å²) in [5.41, 5.74) is 0.866. The monoisotopic (exact) mass is 312 g/mol. The Hall–Kier alpha value is -3.16. The van der Waals surface area contributed by atoms with Gasteiger partial charge in [0.25, 0.3) is 0 Å². The van der Waals surface area contributed by atoms with Crippen LogP contribution < -0.4 is 10.6 Å². The number of urea groups is 1. The number of hydrogen-bond donors (Lipinski definition) is 3. The molecule has 3 rings (SSSR count). The molecule has 0 saturated carbocycles. The standard InChI is InChI=1S/C15H16N6O2/c1-9-8-16-15(23-9)19-14(22)18-12(11-6-4-3-5-7-11)13-17-10(2)20-21-13/h3-8,12H,1-2H3,(H,17,20,21)(H2,16,18,19,22). The fraction of sp³-hybridized carbons (Fsp3) is 0.200. The first-order valence-electron chi connectivity index (χ1n) is 7.05. The maximum atomic E-state index is 12.2. The normalized spacial score (nSPS) is 11.9. The van der Waals surface area contributed by atoms with Gasteiger partial charge in [-0.15, -0.1) is 0 Å². The number of amides is 2. The molecule has 118 valence electrons. The van der Waals surface area contributed by atoms with Crippen molar-refractivity contribution in [2.45, 2.75) is 19.9 Å². The summed E-state index contributed by atoms with van der Waals surface area (Å²) >= 11 is 0. The van der Waals surface area contributed by atoms with Crippen molar-refractivity contribution >= 4 is 12.0 Å². The minimum atomic E-state index is -0.489. The lowest BCUT2D eigenvalue weighted by Gasteiger charge is -2.16. The summed E-state index contributed by atoms with van der Waals surface area (Å²) in [4.78, 5) is 20.4. The number of nitrogens with zero attached hydrogens (tertiary/aromatic N) is 3. The summed E-state index contributed by atoms with van der Waals surface area (Å²) in [6, 6.07) is 8.66. The first kappa shape index (κ1) is 14.8. The van der Waals surface area contributed by atoms with Gasteiger partial charge in [0.2, 0.25) is 0 Å². The minimum Gasteiger partial charge on any atom is -0.429 e. The Morgan fingerprint density at radius 2 is 2.04 bits per heavy atom. The van der Waals surface area contributed by atoms with E-state index in [0.717, 1.165) is 5.56 Å². The third-order valence-electron chi connectivity index (χ3n) is 3.12. The number of H-pyrrole nitrogens is 1. The van der Waals surface area contributed by atoms with Gasteiger partial charge in [-0.2, -0.15) is 5.10 Å². The van der Waals surface area contributed by atoms with Crippen molar-refractivity contribution in [3.8, 4) is 0 Å². The van der Waals surface area contributed by atoms with Crippen LogP contribution in [0.15, 0.2) is 40.9 Å². The van der Waals surface area contributed by atoms with E-state index in [1.807, 2.05) is 30.3 Å². The number of oxazole rings is 1. The average Bonchev–Trinajstić information content (AvgIpc) is 3.14. The molecular formula is C15H16N6O2. The van der Waals surface area contributed by atoms with Crippen LogP contribution in [-0.4, -0.2) is 26.2 Å². The number of aromatic amines is 1. The molecule has 1 aromatic carbocycles.